The number of benzene rings is 2. The minimum Gasteiger partial charge on any atom is -0.478 e. The van der Waals surface area contributed by atoms with Crippen molar-refractivity contribution in [1.82, 2.24) is 4.98 Å². The molecule has 9 heteroatoms. The number of aromatic carboxylic acids is 1. The second-order valence-electron chi connectivity index (χ2n) is 4.95. The van der Waals surface area contributed by atoms with Crippen molar-refractivity contribution >= 4 is 33.0 Å². The molecule has 0 bridgehead atoms. The van der Waals surface area contributed by atoms with Gasteiger partial charge in [0.25, 0.3) is 10.0 Å². The van der Waals surface area contributed by atoms with Gasteiger partial charge in [-0.2, -0.15) is 0 Å². The Balaban J connectivity index is 1.91. The average Bonchev–Trinajstić information content (AvgIpc) is 3.06. The van der Waals surface area contributed by atoms with Crippen LogP contribution in [-0.2, 0) is 10.0 Å². The summed E-state index contributed by atoms with van der Waals surface area (Å²) in [6.07, 6.45) is 1.18. The minimum atomic E-state index is -4.00. The molecule has 25 heavy (non-hydrogen) atoms. The van der Waals surface area contributed by atoms with Crippen molar-refractivity contribution in [2.75, 3.05) is 4.72 Å². The maximum absolute atomic E-state index is 13.0. The van der Waals surface area contributed by atoms with Crippen molar-refractivity contribution in [2.45, 2.75) is 4.21 Å². The number of para-hydroxylation sites is 1. The Morgan fingerprint density at radius 2 is 1.80 bits per heavy atom. The van der Waals surface area contributed by atoms with Crippen LogP contribution in [0, 0.1) is 5.82 Å². The number of carbonyl (C=O) groups is 1. The predicted octanol–water partition coefficient (Wildman–Crippen LogP) is 3.45. The van der Waals surface area contributed by atoms with Crippen molar-refractivity contribution in [3.05, 3.63) is 66.1 Å². The standard InChI is InChI=1S/C16H11FN2O4S2/c17-11-7-5-10(6-8-11)15-18-9-14(24-15)25(22,23)19-13-4-2-1-3-12(13)16(20)21/h1-9,19H,(H,20,21). The van der Waals surface area contributed by atoms with Gasteiger partial charge >= 0.3 is 5.97 Å². The van der Waals surface area contributed by atoms with E-state index in [2.05, 4.69) is 9.71 Å². The van der Waals surface area contributed by atoms with E-state index >= 15 is 0 Å². The van der Waals surface area contributed by atoms with Crippen LogP contribution in [0.15, 0.2) is 58.9 Å². The number of anilines is 1. The SMILES string of the molecule is O=C(O)c1ccccc1NS(=O)(=O)c1cnc(-c2ccc(F)cc2)s1. The third-order valence-corrected chi connectivity index (χ3v) is 6.12. The lowest BCUT2D eigenvalue weighted by molar-refractivity contribution is 0.0698. The van der Waals surface area contributed by atoms with E-state index in [4.69, 9.17) is 5.11 Å². The molecule has 0 saturated heterocycles. The van der Waals surface area contributed by atoms with Crippen LogP contribution >= 0.6 is 11.3 Å². The van der Waals surface area contributed by atoms with Gasteiger partial charge < -0.3 is 5.11 Å². The second kappa shape index (κ2) is 6.61. The first-order valence-corrected chi connectivity index (χ1v) is 9.24. The summed E-state index contributed by atoms with van der Waals surface area (Å²) in [4.78, 5) is 15.2. The van der Waals surface area contributed by atoms with Crippen LogP contribution in [0.1, 0.15) is 10.4 Å². The first-order chi connectivity index (χ1) is 11.9. The van der Waals surface area contributed by atoms with Gasteiger partial charge in [0, 0.05) is 5.56 Å². The highest BCUT2D eigenvalue weighted by atomic mass is 32.2. The number of aromatic nitrogens is 1. The molecule has 1 aromatic heterocycles. The highest BCUT2D eigenvalue weighted by Crippen LogP contribution is 2.29. The zero-order valence-corrected chi connectivity index (χ0v) is 14.1. The van der Waals surface area contributed by atoms with Gasteiger partial charge in [-0.25, -0.2) is 22.6 Å². The summed E-state index contributed by atoms with van der Waals surface area (Å²) in [5.74, 6) is -1.64. The quantitative estimate of drug-likeness (QED) is 0.709. The fraction of sp³-hybridized carbons (Fsp3) is 0. The lowest BCUT2D eigenvalue weighted by Crippen LogP contribution is -2.14. The molecule has 3 aromatic rings. The minimum absolute atomic E-state index is 0.0354. The Bertz CT molecular complexity index is 1030. The Kier molecular flexibility index (Phi) is 4.51. The molecule has 6 nitrogen and oxygen atoms in total. The number of nitrogens with zero attached hydrogens (tertiary/aromatic N) is 1. The van der Waals surface area contributed by atoms with Gasteiger partial charge in [-0.3, -0.25) is 4.72 Å². The summed E-state index contributed by atoms with van der Waals surface area (Å²) in [7, 11) is -4.00. The molecule has 0 amide bonds. The van der Waals surface area contributed by atoms with Gasteiger partial charge in [0.05, 0.1) is 17.4 Å². The molecule has 0 saturated carbocycles. The van der Waals surface area contributed by atoms with E-state index in [9.17, 15) is 17.6 Å². The van der Waals surface area contributed by atoms with Crippen LogP contribution in [0.3, 0.4) is 0 Å². The molecule has 3 rings (SSSR count). The van der Waals surface area contributed by atoms with Gasteiger partial charge in [0.15, 0.2) is 4.21 Å². The van der Waals surface area contributed by atoms with Crippen molar-refractivity contribution < 1.29 is 22.7 Å². The van der Waals surface area contributed by atoms with Crippen molar-refractivity contribution in [2.24, 2.45) is 0 Å². The molecule has 0 aliphatic heterocycles. The lowest BCUT2D eigenvalue weighted by atomic mass is 10.2. The molecule has 2 aromatic carbocycles. The molecule has 0 radical (unpaired) electrons. The maximum atomic E-state index is 13.0. The van der Waals surface area contributed by atoms with Gasteiger partial charge in [-0.15, -0.1) is 11.3 Å². The van der Waals surface area contributed by atoms with Crippen LogP contribution in [0.4, 0.5) is 10.1 Å². The number of carboxylic acids is 1. The first kappa shape index (κ1) is 17.1. The Hall–Kier alpha value is -2.78. The topological polar surface area (TPSA) is 96.4 Å². The largest absolute Gasteiger partial charge is 0.478 e. The Morgan fingerprint density at radius 1 is 1.12 bits per heavy atom. The fourth-order valence-corrected chi connectivity index (χ4v) is 4.28. The molecule has 0 aliphatic carbocycles. The summed E-state index contributed by atoms with van der Waals surface area (Å²) in [6.45, 7) is 0. The zero-order valence-electron chi connectivity index (χ0n) is 12.5. The number of carboxylic acid groups (broad SMARTS) is 1. The van der Waals surface area contributed by atoms with E-state index in [1.807, 2.05) is 0 Å². The number of hydrogen-bond acceptors (Lipinski definition) is 5. The summed E-state index contributed by atoms with van der Waals surface area (Å²) < 4.78 is 40.1. The van der Waals surface area contributed by atoms with Gasteiger partial charge in [-0.05, 0) is 36.4 Å². The highest BCUT2D eigenvalue weighted by Gasteiger charge is 2.21. The van der Waals surface area contributed by atoms with Crippen LogP contribution in [0.25, 0.3) is 10.6 Å². The smallest absolute Gasteiger partial charge is 0.337 e. The highest BCUT2D eigenvalue weighted by molar-refractivity contribution is 7.94. The number of halogens is 1. The summed E-state index contributed by atoms with van der Waals surface area (Å²) >= 11 is 0.901. The molecule has 2 N–H and O–H groups in total. The Morgan fingerprint density at radius 3 is 2.48 bits per heavy atom. The molecule has 1 heterocycles. The number of nitrogens with one attached hydrogen (secondary N) is 1. The molecule has 0 aliphatic rings. The van der Waals surface area contributed by atoms with E-state index in [0.717, 1.165) is 11.3 Å². The average molecular weight is 378 g/mol. The maximum Gasteiger partial charge on any atom is 0.337 e. The van der Waals surface area contributed by atoms with Crippen molar-refractivity contribution in [3.8, 4) is 10.6 Å². The zero-order chi connectivity index (χ0) is 18.0. The van der Waals surface area contributed by atoms with Crippen LogP contribution in [-0.4, -0.2) is 24.5 Å². The van der Waals surface area contributed by atoms with E-state index < -0.39 is 21.8 Å². The van der Waals surface area contributed by atoms with Crippen molar-refractivity contribution in [1.29, 1.82) is 0 Å². The van der Waals surface area contributed by atoms with E-state index in [1.54, 1.807) is 0 Å². The molecule has 128 valence electrons. The van der Waals surface area contributed by atoms with Crippen molar-refractivity contribution in [3.63, 3.8) is 0 Å². The van der Waals surface area contributed by atoms with Gasteiger partial charge in [-0.1, -0.05) is 12.1 Å². The number of thiazole rings is 1. The summed E-state index contributed by atoms with van der Waals surface area (Å²) in [6, 6.07) is 11.2. The normalized spacial score (nSPS) is 11.2. The third-order valence-electron chi connectivity index (χ3n) is 3.24. The summed E-state index contributed by atoms with van der Waals surface area (Å²) in [5, 5.41) is 9.54. The lowest BCUT2D eigenvalue weighted by Gasteiger charge is -2.08. The number of rotatable bonds is 5. The van der Waals surface area contributed by atoms with Crippen LogP contribution < -0.4 is 4.72 Å². The van der Waals surface area contributed by atoms with Crippen LogP contribution in [0.5, 0.6) is 0 Å². The third kappa shape index (κ3) is 3.67. The fourth-order valence-electron chi connectivity index (χ4n) is 2.06. The first-order valence-electron chi connectivity index (χ1n) is 6.94. The second-order valence-corrected chi connectivity index (χ2v) is 7.89. The van der Waals surface area contributed by atoms with E-state index in [1.165, 1.54) is 54.7 Å². The number of sulfonamides is 1. The summed E-state index contributed by atoms with van der Waals surface area (Å²) in [5.41, 5.74) is 0.389. The number of hydrogen-bond donors (Lipinski definition) is 2. The van der Waals surface area contributed by atoms with E-state index in [-0.39, 0.29) is 15.5 Å². The van der Waals surface area contributed by atoms with E-state index in [0.29, 0.717) is 10.6 Å². The monoisotopic (exact) mass is 378 g/mol. The molecular weight excluding hydrogens is 367 g/mol. The van der Waals surface area contributed by atoms with Gasteiger partial charge in [0.2, 0.25) is 0 Å². The molecule has 0 fully saturated rings. The predicted molar refractivity (Wildman–Crippen MR) is 91.7 cm³/mol. The Labute approximate surface area is 146 Å². The van der Waals surface area contributed by atoms with Gasteiger partial charge in [0.1, 0.15) is 10.8 Å². The molecule has 0 unspecified atom stereocenters. The molecule has 0 spiro atoms. The molecule has 0 atom stereocenters. The molecular formula is C16H11FN2O4S2. The van der Waals surface area contributed by atoms with Crippen LogP contribution in [0.2, 0.25) is 0 Å².